The van der Waals surface area contributed by atoms with Crippen molar-refractivity contribution >= 4 is 22.8 Å². The molecule has 1 amide bonds. The number of pyridine rings is 1. The number of benzene rings is 2. The SMILES string of the molecule is Cc1ccc(-c2cc(C(=O)OCCN3CCCC3=O)c3ccccc3n2)c(C)c1. The van der Waals surface area contributed by atoms with Crippen LogP contribution in [0.1, 0.15) is 34.3 Å². The molecule has 0 aliphatic carbocycles. The summed E-state index contributed by atoms with van der Waals surface area (Å²) in [5, 5.41) is 0.767. The predicted molar refractivity (Wildman–Crippen MR) is 113 cm³/mol. The number of likely N-dealkylation sites (tertiary alicyclic amines) is 1. The highest BCUT2D eigenvalue weighted by Crippen LogP contribution is 2.28. The number of nitrogens with zero attached hydrogens (tertiary/aromatic N) is 2. The maximum atomic E-state index is 12.9. The van der Waals surface area contributed by atoms with Crippen molar-refractivity contribution in [3.63, 3.8) is 0 Å². The van der Waals surface area contributed by atoms with Crippen LogP contribution in [0, 0.1) is 13.8 Å². The Labute approximate surface area is 170 Å². The first-order valence-corrected chi connectivity index (χ1v) is 9.95. The molecule has 0 saturated carbocycles. The van der Waals surface area contributed by atoms with E-state index >= 15 is 0 Å². The first kappa shape index (κ1) is 19.1. The maximum Gasteiger partial charge on any atom is 0.338 e. The van der Waals surface area contributed by atoms with E-state index in [1.807, 2.05) is 49.4 Å². The van der Waals surface area contributed by atoms with Crippen LogP contribution in [0.4, 0.5) is 0 Å². The van der Waals surface area contributed by atoms with E-state index in [1.165, 1.54) is 5.56 Å². The lowest BCUT2D eigenvalue weighted by Gasteiger charge is -2.16. The van der Waals surface area contributed by atoms with Crippen molar-refractivity contribution < 1.29 is 14.3 Å². The van der Waals surface area contributed by atoms with Gasteiger partial charge in [-0.2, -0.15) is 0 Å². The van der Waals surface area contributed by atoms with Crippen LogP contribution in [-0.4, -0.2) is 41.5 Å². The standard InChI is InChI=1S/C24H24N2O3/c1-16-9-10-18(17(2)14-16)22-15-20(19-6-3-4-7-21(19)25-22)24(28)29-13-12-26-11-5-8-23(26)27/h3-4,6-7,9-10,14-15H,5,8,11-13H2,1-2H3. The zero-order chi connectivity index (χ0) is 20.4. The molecule has 0 unspecified atom stereocenters. The van der Waals surface area contributed by atoms with Crippen molar-refractivity contribution in [2.24, 2.45) is 0 Å². The molecule has 5 nitrogen and oxygen atoms in total. The van der Waals surface area contributed by atoms with Gasteiger partial charge < -0.3 is 9.64 Å². The number of carbonyl (C=O) groups is 2. The molecule has 1 fully saturated rings. The quantitative estimate of drug-likeness (QED) is 0.612. The first-order valence-electron chi connectivity index (χ1n) is 9.95. The van der Waals surface area contributed by atoms with E-state index in [0.29, 0.717) is 18.5 Å². The minimum absolute atomic E-state index is 0.132. The average molecular weight is 388 g/mol. The number of hydrogen-bond donors (Lipinski definition) is 0. The maximum absolute atomic E-state index is 12.9. The number of fused-ring (bicyclic) bond motifs is 1. The molecule has 1 saturated heterocycles. The first-order chi connectivity index (χ1) is 14.0. The molecule has 4 rings (SSSR count). The summed E-state index contributed by atoms with van der Waals surface area (Å²) in [5.74, 6) is -0.256. The summed E-state index contributed by atoms with van der Waals surface area (Å²) < 4.78 is 5.53. The summed E-state index contributed by atoms with van der Waals surface area (Å²) >= 11 is 0. The number of carbonyl (C=O) groups excluding carboxylic acids is 2. The lowest BCUT2D eigenvalue weighted by Crippen LogP contribution is -2.29. The molecular weight excluding hydrogens is 364 g/mol. The number of ether oxygens (including phenoxy) is 1. The van der Waals surface area contributed by atoms with Crippen LogP contribution in [0.15, 0.2) is 48.5 Å². The van der Waals surface area contributed by atoms with Crippen LogP contribution in [0.3, 0.4) is 0 Å². The van der Waals surface area contributed by atoms with Gasteiger partial charge in [0.1, 0.15) is 6.61 Å². The van der Waals surface area contributed by atoms with Gasteiger partial charge in [-0.1, -0.05) is 42.0 Å². The number of rotatable bonds is 5. The van der Waals surface area contributed by atoms with Gasteiger partial charge in [-0.3, -0.25) is 4.79 Å². The molecule has 0 N–H and O–H groups in total. The molecule has 5 heteroatoms. The summed E-state index contributed by atoms with van der Waals surface area (Å²) in [6, 6.07) is 15.6. The second-order valence-corrected chi connectivity index (χ2v) is 7.51. The molecule has 3 aromatic rings. The van der Waals surface area contributed by atoms with Crippen LogP contribution in [0.25, 0.3) is 22.2 Å². The third kappa shape index (κ3) is 3.99. The van der Waals surface area contributed by atoms with E-state index in [9.17, 15) is 9.59 Å². The second kappa shape index (κ2) is 8.03. The summed E-state index contributed by atoms with van der Waals surface area (Å²) in [5.41, 5.74) is 5.30. The van der Waals surface area contributed by atoms with Crippen molar-refractivity contribution in [2.45, 2.75) is 26.7 Å². The van der Waals surface area contributed by atoms with Gasteiger partial charge in [0, 0.05) is 23.9 Å². The number of hydrogen-bond acceptors (Lipinski definition) is 4. The summed E-state index contributed by atoms with van der Waals surface area (Å²) in [7, 11) is 0. The van der Waals surface area contributed by atoms with Crippen LogP contribution in [0.2, 0.25) is 0 Å². The number of para-hydroxylation sites is 1. The molecule has 1 aromatic heterocycles. The van der Waals surface area contributed by atoms with Crippen molar-refractivity contribution in [1.29, 1.82) is 0 Å². The molecule has 0 spiro atoms. The van der Waals surface area contributed by atoms with Crippen molar-refractivity contribution in [3.05, 3.63) is 65.2 Å². The van der Waals surface area contributed by atoms with Crippen molar-refractivity contribution in [2.75, 3.05) is 19.7 Å². The zero-order valence-corrected chi connectivity index (χ0v) is 16.8. The summed E-state index contributed by atoms with van der Waals surface area (Å²) in [4.78, 5) is 31.1. The molecule has 1 aliphatic heterocycles. The Morgan fingerprint density at radius 3 is 2.72 bits per heavy atom. The Hall–Kier alpha value is -3.21. The van der Waals surface area contributed by atoms with E-state index in [2.05, 4.69) is 13.0 Å². The Morgan fingerprint density at radius 2 is 1.97 bits per heavy atom. The van der Waals surface area contributed by atoms with E-state index < -0.39 is 0 Å². The number of aryl methyl sites for hydroxylation is 2. The molecule has 148 valence electrons. The Morgan fingerprint density at radius 1 is 1.14 bits per heavy atom. The monoisotopic (exact) mass is 388 g/mol. The average Bonchev–Trinajstić information content (AvgIpc) is 3.12. The van der Waals surface area contributed by atoms with Gasteiger partial charge in [0.2, 0.25) is 5.91 Å². The highest BCUT2D eigenvalue weighted by Gasteiger charge is 2.21. The Bertz CT molecular complexity index is 1090. The highest BCUT2D eigenvalue weighted by atomic mass is 16.5. The zero-order valence-electron chi connectivity index (χ0n) is 16.8. The van der Waals surface area contributed by atoms with Crippen LogP contribution < -0.4 is 0 Å². The normalized spacial score (nSPS) is 13.9. The number of aromatic nitrogens is 1. The van der Waals surface area contributed by atoms with Crippen LogP contribution >= 0.6 is 0 Å². The van der Waals surface area contributed by atoms with Gasteiger partial charge in [-0.15, -0.1) is 0 Å². The van der Waals surface area contributed by atoms with Gasteiger partial charge in [-0.25, -0.2) is 9.78 Å². The molecule has 1 aliphatic rings. The van der Waals surface area contributed by atoms with Gasteiger partial charge in [0.05, 0.1) is 23.3 Å². The van der Waals surface area contributed by atoms with Gasteiger partial charge in [-0.05, 0) is 38.0 Å². The van der Waals surface area contributed by atoms with E-state index in [4.69, 9.17) is 9.72 Å². The molecule has 0 bridgehead atoms. The third-order valence-electron chi connectivity index (χ3n) is 5.36. The van der Waals surface area contributed by atoms with Gasteiger partial charge in [0.25, 0.3) is 0 Å². The molecule has 2 aromatic carbocycles. The smallest absolute Gasteiger partial charge is 0.338 e. The van der Waals surface area contributed by atoms with E-state index in [1.54, 1.807) is 4.90 Å². The van der Waals surface area contributed by atoms with Crippen molar-refractivity contribution in [1.82, 2.24) is 9.88 Å². The molecule has 29 heavy (non-hydrogen) atoms. The minimum atomic E-state index is -0.388. The Balaban J connectivity index is 1.63. The van der Waals surface area contributed by atoms with Gasteiger partial charge >= 0.3 is 5.97 Å². The fraction of sp³-hybridized carbons (Fsp3) is 0.292. The van der Waals surface area contributed by atoms with Crippen molar-refractivity contribution in [3.8, 4) is 11.3 Å². The lowest BCUT2D eigenvalue weighted by molar-refractivity contribution is -0.128. The van der Waals surface area contributed by atoms with Crippen LogP contribution in [-0.2, 0) is 9.53 Å². The number of esters is 1. The fourth-order valence-electron chi connectivity index (χ4n) is 3.85. The Kier molecular flexibility index (Phi) is 5.30. The highest BCUT2D eigenvalue weighted by molar-refractivity contribution is 6.04. The topological polar surface area (TPSA) is 59.5 Å². The summed E-state index contributed by atoms with van der Waals surface area (Å²) in [6.07, 6.45) is 1.46. The van der Waals surface area contributed by atoms with E-state index in [0.717, 1.165) is 40.7 Å². The largest absolute Gasteiger partial charge is 0.460 e. The minimum Gasteiger partial charge on any atom is -0.460 e. The van der Waals surface area contributed by atoms with Gasteiger partial charge in [0.15, 0.2) is 0 Å². The third-order valence-corrected chi connectivity index (χ3v) is 5.36. The molecule has 2 heterocycles. The number of amides is 1. The molecule has 0 atom stereocenters. The molecular formula is C24H24N2O3. The van der Waals surface area contributed by atoms with Crippen LogP contribution in [0.5, 0.6) is 0 Å². The molecule has 0 radical (unpaired) electrons. The second-order valence-electron chi connectivity index (χ2n) is 7.51. The lowest BCUT2D eigenvalue weighted by atomic mass is 9.99. The summed E-state index contributed by atoms with van der Waals surface area (Å²) in [6.45, 7) is 5.48. The van der Waals surface area contributed by atoms with E-state index in [-0.39, 0.29) is 18.5 Å². The fourth-order valence-corrected chi connectivity index (χ4v) is 3.85. The predicted octanol–water partition coefficient (Wildman–Crippen LogP) is 4.30.